The van der Waals surface area contributed by atoms with E-state index in [0.717, 1.165) is 0 Å². The maximum atomic E-state index is 10.5. The Balaban J connectivity index is 2.47. The van der Waals surface area contributed by atoms with Crippen LogP contribution in [0.5, 0.6) is 0 Å². The summed E-state index contributed by atoms with van der Waals surface area (Å²) in [5.74, 6) is 0. The van der Waals surface area contributed by atoms with E-state index < -0.39 is 40.6 Å². The Labute approximate surface area is 95.6 Å². The lowest BCUT2D eigenvalue weighted by atomic mass is 10.2. The first-order valence-corrected chi connectivity index (χ1v) is 7.38. The third-order valence-electron chi connectivity index (χ3n) is 1.92. The molecule has 0 amide bonds. The summed E-state index contributed by atoms with van der Waals surface area (Å²) < 4.78 is 34.0. The average Bonchev–Trinajstić information content (AvgIpc) is 2.41. The van der Waals surface area contributed by atoms with Gasteiger partial charge in [0.15, 0.2) is 0 Å². The molecule has 0 aromatic carbocycles. The number of hydrogen-bond donors (Lipinski definition) is 5. The minimum atomic E-state index is -4.76. The Hall–Kier alpha value is 0.140. The quantitative estimate of drug-likeness (QED) is 0.370. The Morgan fingerprint density at radius 2 is 1.76 bits per heavy atom. The van der Waals surface area contributed by atoms with Gasteiger partial charge in [-0.05, 0) is 0 Å². The van der Waals surface area contributed by atoms with Crippen molar-refractivity contribution in [3.8, 4) is 0 Å². The summed E-state index contributed by atoms with van der Waals surface area (Å²) in [6, 6.07) is 0. The number of aliphatic hydroxyl groups is 1. The molecule has 0 unspecified atom stereocenters. The third kappa shape index (κ3) is 5.54. The molecule has 1 heterocycles. The lowest BCUT2D eigenvalue weighted by Crippen LogP contribution is -2.34. The summed E-state index contributed by atoms with van der Waals surface area (Å²) in [5, 5.41) is 9.48. The second-order valence-corrected chi connectivity index (χ2v) is 5.71. The monoisotopic (exact) mass is 294 g/mol. The Bertz CT molecular complexity index is 345. The maximum Gasteiger partial charge on any atom is 0.470 e. The molecule has 1 saturated heterocycles. The number of rotatable bonds is 5. The van der Waals surface area contributed by atoms with Gasteiger partial charge in [-0.1, -0.05) is 0 Å². The van der Waals surface area contributed by atoms with Crippen molar-refractivity contribution >= 4 is 15.6 Å². The molecule has 1 aliphatic rings. The highest BCUT2D eigenvalue weighted by Crippen LogP contribution is 2.41. The number of hydrogen-bond acceptors (Lipinski definition) is 6. The van der Waals surface area contributed by atoms with Crippen LogP contribution < -0.4 is 0 Å². The molecule has 10 nitrogen and oxygen atoms in total. The Morgan fingerprint density at radius 1 is 1.18 bits per heavy atom. The van der Waals surface area contributed by atoms with Crippen molar-refractivity contribution in [3.63, 3.8) is 0 Å². The fraction of sp³-hybridized carbons (Fsp3) is 1.00. The summed E-state index contributed by atoms with van der Waals surface area (Å²) in [5.41, 5.74) is 0. The van der Waals surface area contributed by atoms with Crippen molar-refractivity contribution in [2.45, 2.75) is 18.3 Å². The van der Waals surface area contributed by atoms with Gasteiger partial charge in [0.2, 0.25) is 0 Å². The van der Waals surface area contributed by atoms with Crippen LogP contribution in [0.4, 0.5) is 0 Å². The van der Waals surface area contributed by atoms with E-state index in [4.69, 9.17) is 24.3 Å². The molecule has 17 heavy (non-hydrogen) atoms. The summed E-state index contributed by atoms with van der Waals surface area (Å²) in [6.07, 6.45) is -3.85. The third-order valence-corrected chi connectivity index (χ3v) is 2.95. The molecule has 0 spiro atoms. The maximum absolute atomic E-state index is 10.5. The molecule has 0 aromatic rings. The molecule has 0 aromatic heterocycles. The molecule has 0 aliphatic carbocycles. The van der Waals surface area contributed by atoms with Crippen molar-refractivity contribution < 1.29 is 47.6 Å². The van der Waals surface area contributed by atoms with Gasteiger partial charge in [0, 0.05) is 0 Å². The van der Waals surface area contributed by atoms with Crippen LogP contribution in [0.1, 0.15) is 0 Å². The van der Waals surface area contributed by atoms with Crippen LogP contribution in [-0.2, 0) is 22.9 Å². The zero-order chi connectivity index (χ0) is 13.3. The van der Waals surface area contributed by atoms with Gasteiger partial charge in [0.25, 0.3) is 0 Å². The van der Waals surface area contributed by atoms with Crippen LogP contribution in [0.2, 0.25) is 0 Å². The number of ether oxygens (including phenoxy) is 1. The van der Waals surface area contributed by atoms with Crippen LogP contribution in [0.25, 0.3) is 0 Å². The van der Waals surface area contributed by atoms with Gasteiger partial charge in [0.1, 0.15) is 18.3 Å². The molecule has 0 saturated carbocycles. The van der Waals surface area contributed by atoms with Crippen LogP contribution in [0, 0.1) is 0 Å². The summed E-state index contributed by atoms with van der Waals surface area (Å²) in [7, 11) is -9.46. The fourth-order valence-electron chi connectivity index (χ4n) is 1.24. The van der Waals surface area contributed by atoms with E-state index in [1.165, 1.54) is 0 Å². The summed E-state index contributed by atoms with van der Waals surface area (Å²) in [4.78, 5) is 33.8. The lowest BCUT2D eigenvalue weighted by molar-refractivity contribution is -0.00611. The SMILES string of the molecule is O=P(O)(O)OC[C@H]1OC[C@@H](OP(=O)(O)O)[C@@H]1O. The van der Waals surface area contributed by atoms with E-state index in [-0.39, 0.29) is 6.61 Å². The first kappa shape index (κ1) is 15.2. The van der Waals surface area contributed by atoms with Gasteiger partial charge in [-0.2, -0.15) is 0 Å². The molecule has 3 atom stereocenters. The highest BCUT2D eigenvalue weighted by atomic mass is 31.2. The van der Waals surface area contributed by atoms with Gasteiger partial charge < -0.3 is 29.4 Å². The molecular weight excluding hydrogens is 282 g/mol. The molecule has 102 valence electrons. The van der Waals surface area contributed by atoms with E-state index in [1.807, 2.05) is 0 Å². The highest BCUT2D eigenvalue weighted by molar-refractivity contribution is 7.46. The second kappa shape index (κ2) is 5.41. The number of phosphoric acid groups is 2. The molecule has 1 aliphatic heterocycles. The molecule has 12 heteroatoms. The number of aliphatic hydroxyl groups excluding tert-OH is 1. The van der Waals surface area contributed by atoms with Gasteiger partial charge >= 0.3 is 15.6 Å². The summed E-state index contributed by atoms with van der Waals surface area (Å²) >= 11 is 0. The topological polar surface area (TPSA) is 163 Å². The molecule has 0 radical (unpaired) electrons. The predicted molar refractivity (Wildman–Crippen MR) is 50.7 cm³/mol. The van der Waals surface area contributed by atoms with Crippen molar-refractivity contribution in [2.75, 3.05) is 13.2 Å². The zero-order valence-electron chi connectivity index (χ0n) is 8.32. The standard InChI is InChI=1S/C5H12O10P2/c6-5-3(2-14-16(7,8)9)13-1-4(5)15-17(10,11)12/h3-6H,1-2H2,(H2,7,8,9)(H2,10,11,12)/t3-,4-,5-/m1/s1. The minimum Gasteiger partial charge on any atom is -0.387 e. The Morgan fingerprint density at radius 3 is 2.24 bits per heavy atom. The smallest absolute Gasteiger partial charge is 0.387 e. The molecule has 1 fully saturated rings. The van der Waals surface area contributed by atoms with Crippen LogP contribution >= 0.6 is 15.6 Å². The minimum absolute atomic E-state index is 0.318. The van der Waals surface area contributed by atoms with Gasteiger partial charge in [-0.3, -0.25) is 9.05 Å². The Kier molecular flexibility index (Phi) is 4.84. The van der Waals surface area contributed by atoms with Gasteiger partial charge in [0.05, 0.1) is 13.2 Å². The highest BCUT2D eigenvalue weighted by Gasteiger charge is 2.41. The fourth-order valence-corrected chi connectivity index (χ4v) is 2.12. The largest absolute Gasteiger partial charge is 0.470 e. The normalized spacial score (nSPS) is 30.8. The van der Waals surface area contributed by atoms with Gasteiger partial charge in [-0.15, -0.1) is 0 Å². The van der Waals surface area contributed by atoms with E-state index in [1.54, 1.807) is 0 Å². The summed E-state index contributed by atoms with van der Waals surface area (Å²) in [6.45, 7) is -0.937. The molecular formula is C5H12O10P2. The van der Waals surface area contributed by atoms with Crippen LogP contribution in [0.3, 0.4) is 0 Å². The van der Waals surface area contributed by atoms with Gasteiger partial charge in [-0.25, -0.2) is 9.13 Å². The van der Waals surface area contributed by atoms with E-state index in [0.29, 0.717) is 0 Å². The van der Waals surface area contributed by atoms with Crippen molar-refractivity contribution in [2.24, 2.45) is 0 Å². The first-order valence-electron chi connectivity index (χ1n) is 4.32. The van der Waals surface area contributed by atoms with Crippen molar-refractivity contribution in [3.05, 3.63) is 0 Å². The lowest BCUT2D eigenvalue weighted by Gasteiger charge is -2.18. The first-order chi connectivity index (χ1) is 7.58. The average molecular weight is 294 g/mol. The van der Waals surface area contributed by atoms with Crippen molar-refractivity contribution in [1.82, 2.24) is 0 Å². The predicted octanol–water partition coefficient (Wildman–Crippen LogP) is -1.67. The van der Waals surface area contributed by atoms with E-state index in [9.17, 15) is 14.2 Å². The van der Waals surface area contributed by atoms with Crippen LogP contribution in [0.15, 0.2) is 0 Å². The van der Waals surface area contributed by atoms with Crippen molar-refractivity contribution in [1.29, 1.82) is 0 Å². The molecule has 1 rings (SSSR count). The number of phosphoric ester groups is 2. The zero-order valence-corrected chi connectivity index (χ0v) is 10.1. The molecule has 0 bridgehead atoms. The van der Waals surface area contributed by atoms with Crippen LogP contribution in [-0.4, -0.2) is 56.2 Å². The van der Waals surface area contributed by atoms with E-state index in [2.05, 4.69) is 9.05 Å². The second-order valence-electron chi connectivity index (χ2n) is 3.28. The van der Waals surface area contributed by atoms with E-state index >= 15 is 0 Å². The molecule has 5 N–H and O–H groups in total.